The van der Waals surface area contributed by atoms with Gasteiger partial charge in [0.15, 0.2) is 11.4 Å². The molecule has 31 heteroatoms. The number of amides is 3. The number of aryl methyl sites for hydroxylation is 3. The van der Waals surface area contributed by atoms with Gasteiger partial charge in [-0.05, 0) is 190 Å². The van der Waals surface area contributed by atoms with Crippen molar-refractivity contribution in [2.75, 3.05) is 42.1 Å². The smallest absolute Gasteiger partial charge is 0.274 e. The van der Waals surface area contributed by atoms with Gasteiger partial charge in [0.05, 0.1) is 100 Å². The number of aromatic nitrogens is 12. The number of carbonyl (C=O) groups excluding carboxylic acids is 3. The number of halogens is 4. The van der Waals surface area contributed by atoms with Crippen molar-refractivity contribution in [2.45, 2.75) is 122 Å². The number of rotatable bonds is 28. The van der Waals surface area contributed by atoms with Gasteiger partial charge in [0.2, 0.25) is 0 Å². The number of nitrogens with two attached hydrogens (primary N) is 3. The molecule has 3 aliphatic carbocycles. The van der Waals surface area contributed by atoms with E-state index in [2.05, 4.69) is 66.2 Å². The third-order valence-electron chi connectivity index (χ3n) is 19.9. The summed E-state index contributed by atoms with van der Waals surface area (Å²) < 4.78 is 51.9. The van der Waals surface area contributed by atoms with Crippen LogP contribution >= 0.6 is 11.6 Å². The summed E-state index contributed by atoms with van der Waals surface area (Å²) in [7, 11) is 0. The van der Waals surface area contributed by atoms with Gasteiger partial charge < -0.3 is 52.6 Å². The molecule has 0 bridgehead atoms. The molecule has 6 heterocycles. The second-order valence-electron chi connectivity index (χ2n) is 29.1. The average molecular weight is 1630 g/mol. The van der Waals surface area contributed by atoms with Gasteiger partial charge in [-0.25, -0.2) is 36.9 Å². The van der Waals surface area contributed by atoms with Crippen LogP contribution in [-0.2, 0) is 6.54 Å². The molecule has 0 saturated heterocycles. The lowest BCUT2D eigenvalue weighted by Gasteiger charge is -2.21. The Morgan fingerprint density at radius 3 is 1.25 bits per heavy atom. The van der Waals surface area contributed by atoms with Crippen LogP contribution in [0.4, 0.5) is 41.6 Å². The molecule has 27 nitrogen and oxygen atoms in total. The predicted molar refractivity (Wildman–Crippen MR) is 452 cm³/mol. The number of alkyl halides is 1. The minimum absolute atomic E-state index is 0.0151. The van der Waals surface area contributed by atoms with Crippen molar-refractivity contribution < 1.29 is 27.6 Å². The molecule has 3 atom stereocenters. The number of hydrogen-bond acceptors (Lipinski definition) is 16. The fourth-order valence-electron chi connectivity index (χ4n) is 13.2. The Hall–Kier alpha value is -13.1. The van der Waals surface area contributed by atoms with E-state index < -0.39 is 35.2 Å². The number of nitrogens with one attached hydrogen (secondary N) is 5. The number of aromatic amines is 1. The molecule has 3 saturated carbocycles. The van der Waals surface area contributed by atoms with Crippen LogP contribution < -0.4 is 55.1 Å². The van der Waals surface area contributed by atoms with Crippen LogP contribution in [0.1, 0.15) is 165 Å². The van der Waals surface area contributed by atoms with Gasteiger partial charge in [-0.3, -0.25) is 43.7 Å². The van der Waals surface area contributed by atoms with Crippen LogP contribution in [0.15, 0.2) is 216 Å². The highest BCUT2D eigenvalue weighted by atomic mass is 35.5. The molecular weight excluding hydrogens is 1540 g/mol. The maximum Gasteiger partial charge on any atom is 0.274 e. The van der Waals surface area contributed by atoms with E-state index >= 15 is 0 Å². The average Bonchev–Trinajstić information content (AvgIpc) is 1.69. The molecule has 0 aliphatic heterocycles. The van der Waals surface area contributed by atoms with Gasteiger partial charge in [-0.15, -0.1) is 11.6 Å². The Labute approximate surface area is 690 Å². The molecule has 119 heavy (non-hydrogen) atoms. The van der Waals surface area contributed by atoms with Gasteiger partial charge >= 0.3 is 0 Å². The maximum absolute atomic E-state index is 14.9. The van der Waals surface area contributed by atoms with Crippen LogP contribution in [-0.4, -0.2) is 102 Å². The highest BCUT2D eigenvalue weighted by Gasteiger charge is 2.29. The Bertz CT molecular complexity index is 5750. The third kappa shape index (κ3) is 24.7. The molecule has 3 aliphatic rings. The topological polar surface area (TPSA) is 355 Å². The summed E-state index contributed by atoms with van der Waals surface area (Å²) in [5.74, 6) is -1.11. The fourth-order valence-corrected chi connectivity index (χ4v) is 13.5. The van der Waals surface area contributed by atoms with Gasteiger partial charge in [0.1, 0.15) is 34.5 Å². The molecule has 0 spiro atoms. The largest absolute Gasteiger partial charge is 0.329 e. The Kier molecular flexibility index (Phi) is 30.7. The molecule has 6 aromatic carbocycles. The molecule has 12 aromatic rings. The van der Waals surface area contributed by atoms with Crippen molar-refractivity contribution in [3.05, 3.63) is 329 Å². The van der Waals surface area contributed by atoms with Crippen molar-refractivity contribution in [1.29, 1.82) is 0 Å². The summed E-state index contributed by atoms with van der Waals surface area (Å²) in [6.45, 7) is 23.3. The molecule has 15 rings (SSSR count). The van der Waals surface area contributed by atoms with E-state index in [9.17, 15) is 41.9 Å². The van der Waals surface area contributed by atoms with Gasteiger partial charge in [0.25, 0.3) is 34.4 Å². The van der Waals surface area contributed by atoms with Crippen molar-refractivity contribution in [3.63, 3.8) is 0 Å². The summed E-state index contributed by atoms with van der Waals surface area (Å²) in [6, 6.07) is 39.1. The third-order valence-corrected chi connectivity index (χ3v) is 20.3. The van der Waals surface area contributed by atoms with E-state index in [-0.39, 0.29) is 68.3 Å². The molecule has 6 aromatic heterocycles. The molecule has 3 unspecified atom stereocenters. The first-order valence-electron chi connectivity index (χ1n) is 39.2. The van der Waals surface area contributed by atoms with Crippen LogP contribution in [0.25, 0.3) is 26.8 Å². The Morgan fingerprint density at radius 1 is 0.504 bits per heavy atom. The standard InChI is InChI=1S/C28H25FN6O2.C28H29FN6O2.C24H22ClFN4O.C4H13N3.C4H4N2O/c1-18-14-26(35(33-18)22-5-3-4-21(16-22)30-2)28(37)32-24-15-20(9-10-23(24)29)25(11-8-19-6-7-19)34-13-12-31-17-27(34)36;1-18-13-26(35(33-18)22-4-2-3-20(14-22)16-30)28(37)32-24-15-21(8-9-23(24)29)25(10-7-19-5-6-19)34-12-11-31-17-27(34)36;1-15-12-23(30(29-15)19-5-3-4-18(14-19)27-2)24(31)28-22-13-17(9-11-21(22)26)20(25)10-8-16-6-7-16;5-1-3-7-4-2-6;7-4-3-5-1-2-6-4/h3-5,9-10,12-17,19,25H,6-8,11H2,1H3,(H,32,37);2-4,8-9,11-15,17,19,25H,5-7,10,16,30H2,1H3,(H,32,37);3-5,9,11-14,16,20H,6-8,10H2,1H3,(H,28,31);7H,1-6H2;1-3H,(H,6,7). The Balaban J connectivity index is 0.000000162. The number of hydrogen-bond donors (Lipinski definition) is 8. The first-order valence-corrected chi connectivity index (χ1v) is 39.6. The first kappa shape index (κ1) is 86.8. The Morgan fingerprint density at radius 2 is 0.891 bits per heavy atom. The highest BCUT2D eigenvalue weighted by Crippen LogP contribution is 2.41. The number of anilines is 3. The van der Waals surface area contributed by atoms with E-state index in [1.165, 1.54) is 102 Å². The van der Waals surface area contributed by atoms with Crippen molar-refractivity contribution in [3.8, 4) is 17.1 Å². The molecule has 0 radical (unpaired) electrons. The summed E-state index contributed by atoms with van der Waals surface area (Å²) in [5.41, 5.74) is 24.1. The number of nitrogens with zero attached hydrogens (tertiary/aromatic N) is 13. The zero-order valence-electron chi connectivity index (χ0n) is 66.0. The number of benzene rings is 6. The van der Waals surface area contributed by atoms with E-state index in [4.69, 9.17) is 41.9 Å². The molecule has 11 N–H and O–H groups in total. The van der Waals surface area contributed by atoms with Crippen molar-refractivity contribution in [2.24, 2.45) is 35.0 Å². The normalized spacial score (nSPS) is 13.3. The lowest BCUT2D eigenvalue weighted by atomic mass is 9.99. The summed E-state index contributed by atoms with van der Waals surface area (Å²) in [6.07, 6.45) is 25.8. The van der Waals surface area contributed by atoms with Crippen LogP contribution in [0.3, 0.4) is 0 Å². The van der Waals surface area contributed by atoms with Gasteiger partial charge in [-0.1, -0.05) is 93.1 Å². The quantitative estimate of drug-likeness (QED) is 0.0128. The summed E-state index contributed by atoms with van der Waals surface area (Å²) in [5, 5.41) is 24.1. The highest BCUT2D eigenvalue weighted by molar-refractivity contribution is 6.20. The van der Waals surface area contributed by atoms with Crippen LogP contribution in [0.5, 0.6) is 0 Å². The minimum Gasteiger partial charge on any atom is -0.329 e. The zero-order chi connectivity index (χ0) is 84.5. The monoisotopic (exact) mass is 1630 g/mol. The van der Waals surface area contributed by atoms with E-state index in [0.29, 0.717) is 77.0 Å². The van der Waals surface area contributed by atoms with Crippen molar-refractivity contribution >= 4 is 57.8 Å². The van der Waals surface area contributed by atoms with Crippen molar-refractivity contribution in [1.82, 2.24) is 63.7 Å². The van der Waals surface area contributed by atoms with Crippen LogP contribution in [0.2, 0.25) is 0 Å². The predicted octanol–water partition coefficient (Wildman–Crippen LogP) is 14.7. The zero-order valence-corrected chi connectivity index (χ0v) is 66.8. The van der Waals surface area contributed by atoms with E-state index in [1.54, 1.807) is 158 Å². The lowest BCUT2D eigenvalue weighted by Crippen LogP contribution is -2.27. The second kappa shape index (κ2) is 42.2. The molecular formula is C88H93ClF3N21O6. The first-order chi connectivity index (χ1) is 57.6. The van der Waals surface area contributed by atoms with Crippen LogP contribution in [0, 0.1) is 69.1 Å². The lowest BCUT2D eigenvalue weighted by molar-refractivity contribution is 0.101. The maximum atomic E-state index is 14.9. The van der Waals surface area contributed by atoms with E-state index in [1.807, 2.05) is 24.3 Å². The second-order valence-corrected chi connectivity index (χ2v) is 29.6. The SMILES string of the molecule is Cc1cc(C(=O)Nc2cc(C(CCC3CC3)n3ccncc3=O)ccc2F)n(-c2cccc(CN)c2)n1.NCCNCCN.O=c1cncc[nH]1.[C-]#[N+]c1cccc(-n2nc(C)cc2C(=O)Nc2cc(C(CCC3CC3)n3ccncc3=O)ccc2F)c1.[C-]#[N+]c1cccc(-n2nc(C)cc2C(=O)Nc2cc(C(Cl)CCC3CC3)ccc2F)c1. The van der Waals surface area contributed by atoms with Gasteiger partial charge in [0, 0.05) is 69.9 Å². The minimum atomic E-state index is -0.585. The fraction of sp³-hybridized carbons (Fsp3) is 0.295. The number of H-pyrrole nitrogens is 1. The van der Waals surface area contributed by atoms with E-state index in [0.717, 1.165) is 79.8 Å². The molecule has 3 fully saturated rings. The van der Waals surface area contributed by atoms with Gasteiger partial charge in [-0.2, -0.15) is 15.3 Å². The summed E-state index contributed by atoms with van der Waals surface area (Å²) >= 11 is 6.52. The summed E-state index contributed by atoms with van der Waals surface area (Å²) in [4.78, 5) is 95.5. The molecule has 3 amide bonds. The molecule has 614 valence electrons. The number of carbonyl (C=O) groups is 3.